The van der Waals surface area contributed by atoms with Gasteiger partial charge in [0.25, 0.3) is 5.76 Å². The number of ether oxygens (including phenoxy) is 2. The highest BCUT2D eigenvalue weighted by molar-refractivity contribution is 5.89. The van der Waals surface area contributed by atoms with Crippen molar-refractivity contribution in [2.45, 2.75) is 73.0 Å². The number of piperidine rings is 2. The summed E-state index contributed by atoms with van der Waals surface area (Å²) in [6.45, 7) is 2.02. The molecule has 2 spiro atoms. The molecule has 10 atom stereocenters. The van der Waals surface area contributed by atoms with Crippen LogP contribution in [0.2, 0.25) is 0 Å². The summed E-state index contributed by atoms with van der Waals surface area (Å²) >= 11 is 0. The fourth-order valence-electron chi connectivity index (χ4n) is 11.2. The molecule has 8 aliphatic rings. The van der Waals surface area contributed by atoms with E-state index in [2.05, 4.69) is 40.5 Å². The zero-order chi connectivity index (χ0) is 39.6. The lowest BCUT2D eigenvalue weighted by molar-refractivity contribution is -0.0453. The summed E-state index contributed by atoms with van der Waals surface area (Å²) in [5, 5.41) is 67.0. The number of carboxylic acids is 2. The molecular weight excluding hydrogens is 808 g/mol. The van der Waals surface area contributed by atoms with Crippen molar-refractivity contribution < 1.29 is 86.6 Å². The van der Waals surface area contributed by atoms with Gasteiger partial charge in [-0.2, -0.15) is 0 Å². The number of rotatable bonds is 2. The summed E-state index contributed by atoms with van der Waals surface area (Å²) in [6, 6.07) is 8.94. The average Bonchev–Trinajstić information content (AvgIpc) is 3.71. The summed E-state index contributed by atoms with van der Waals surface area (Å²) in [5.41, 5.74) is 3.46. The number of likely N-dealkylation sites (tertiary alicyclic amines) is 2. The molecule has 2 saturated heterocycles. The van der Waals surface area contributed by atoms with Crippen molar-refractivity contribution in [3.05, 3.63) is 98.6 Å². The van der Waals surface area contributed by atoms with E-state index in [1.165, 1.54) is 22.3 Å². The molecule has 4 aliphatic heterocycles. The van der Waals surface area contributed by atoms with Gasteiger partial charge in [-0.15, -0.1) is 0 Å². The second kappa shape index (κ2) is 16.7. The molecule has 0 amide bonds. The molecule has 334 valence electrons. The molecule has 61 heavy (non-hydrogen) atoms. The van der Waals surface area contributed by atoms with E-state index in [9.17, 15) is 34.8 Å². The zero-order valence-corrected chi connectivity index (χ0v) is 33.0. The minimum atomic E-state index is -1.72. The van der Waals surface area contributed by atoms with Gasteiger partial charge in [0.15, 0.2) is 23.0 Å². The molecule has 4 aliphatic carbocycles. The predicted octanol–water partition coefficient (Wildman–Crippen LogP) is -1.99. The Morgan fingerprint density at radius 3 is 1.49 bits per heavy atom. The first-order chi connectivity index (χ1) is 26.7. The first-order valence-corrected chi connectivity index (χ1v) is 18.7. The number of nitrogens with zero attached hydrogens (tertiary/aromatic N) is 2. The number of aromatic hydroxyl groups is 3. The smallest absolute Gasteiger partial charge is 0.375 e. The molecule has 20 nitrogen and oxygen atoms in total. The second-order valence-electron chi connectivity index (χ2n) is 16.1. The lowest BCUT2D eigenvalue weighted by Gasteiger charge is -2.56. The fourth-order valence-corrected chi connectivity index (χ4v) is 11.2. The minimum Gasteiger partial charge on any atom is -0.504 e. The van der Waals surface area contributed by atoms with Crippen LogP contribution in [0, 0.1) is 11.8 Å². The summed E-state index contributed by atoms with van der Waals surface area (Å²) in [5.74, 6) is -3.99. The summed E-state index contributed by atoms with van der Waals surface area (Å²) in [6.07, 6.45) is 10.4. The topological polar surface area (TPSA) is 388 Å². The van der Waals surface area contributed by atoms with Crippen LogP contribution in [0.15, 0.2) is 63.8 Å². The number of aliphatic hydroxyl groups excluding tert-OH is 2. The quantitative estimate of drug-likeness (QED) is 0.137. The Morgan fingerprint density at radius 2 is 1.10 bits per heavy atom. The first kappa shape index (κ1) is 48.1. The number of carbonyl (C=O) groups is 2. The number of phenols is 2. The molecule has 0 unspecified atom stereocenters. The first-order valence-electron chi connectivity index (χ1n) is 18.7. The van der Waals surface area contributed by atoms with Crippen LogP contribution >= 0.6 is 0 Å². The summed E-state index contributed by atoms with van der Waals surface area (Å²) < 4.78 is 16.4. The maximum Gasteiger partial charge on any atom is 0.375 e. The molecule has 2 aromatic carbocycles. The van der Waals surface area contributed by atoms with E-state index in [1.54, 1.807) is 12.1 Å². The maximum absolute atomic E-state index is 10.8. The monoisotopic (exact) mass is 860 g/mol. The van der Waals surface area contributed by atoms with Crippen molar-refractivity contribution in [1.29, 1.82) is 0 Å². The molecule has 5 heterocycles. The SMILES string of the molecule is CN1CC[C@]23c4c5ccc(O)c4O[C@H]2[C@@H](O)C=C[C@H]3[C@H]1C5.CN1CC[C@]23c4c5ccc(O)c4O[C@H]2[C@@H](O)C=C[C@H]3[C@H]1C5.O.O.O.O.O.O=C(O)c1cc(=O)c(O)c(C(=O)O)o1. The van der Waals surface area contributed by atoms with Crippen molar-refractivity contribution >= 4 is 11.9 Å². The Labute approximate surface area is 347 Å². The van der Waals surface area contributed by atoms with Gasteiger partial charge in [0.05, 0.1) is 0 Å². The van der Waals surface area contributed by atoms with Crippen LogP contribution in [0.4, 0.5) is 0 Å². The highest BCUT2D eigenvalue weighted by atomic mass is 16.5. The largest absolute Gasteiger partial charge is 0.504 e. The lowest BCUT2D eigenvalue weighted by Crippen LogP contribution is -2.64. The molecule has 11 rings (SSSR count). The lowest BCUT2D eigenvalue weighted by atomic mass is 9.53. The predicted molar refractivity (Wildman–Crippen MR) is 214 cm³/mol. The standard InChI is InChI=1S/2C17H19NO3.C7H4O7.5H2O/c2*1-18-7-6-17-10-3-5-13(20)16(17)21-15-12(19)4-2-9(14(15)17)8-11(10)18;8-2-1-3(6(10)11)14-5(4(2)9)7(12)13;;;;;/h2*2-5,10-11,13,16,19-20H,6-8H2,1H3;1,9H,(H,10,11)(H,12,13);5*1H2/t2*10-,11+,13-,16-,17-;;;;;;/m00....../s1. The fraction of sp³-hybridized carbons (Fsp3) is 0.439. The Hall–Kier alpha value is -5.55. The Bertz CT molecular complexity index is 2200. The molecule has 0 saturated carbocycles. The van der Waals surface area contributed by atoms with Crippen molar-refractivity contribution in [1.82, 2.24) is 9.80 Å². The average molecular weight is 861 g/mol. The van der Waals surface area contributed by atoms with Gasteiger partial charge in [0.1, 0.15) is 24.4 Å². The number of hydrogen-bond acceptors (Lipinski definition) is 13. The van der Waals surface area contributed by atoms with E-state index in [-0.39, 0.29) is 61.9 Å². The number of carboxylic acid groups (broad SMARTS) is 2. The van der Waals surface area contributed by atoms with E-state index in [0.29, 0.717) is 41.5 Å². The summed E-state index contributed by atoms with van der Waals surface area (Å²) in [7, 11) is 4.38. The zero-order valence-electron chi connectivity index (χ0n) is 33.0. The third-order valence-electron chi connectivity index (χ3n) is 13.6. The van der Waals surface area contributed by atoms with Crippen LogP contribution < -0.4 is 14.9 Å². The van der Waals surface area contributed by atoms with Gasteiger partial charge in [-0.1, -0.05) is 36.4 Å². The third-order valence-corrected chi connectivity index (χ3v) is 13.6. The van der Waals surface area contributed by atoms with Gasteiger partial charge in [-0.3, -0.25) is 4.79 Å². The van der Waals surface area contributed by atoms with Gasteiger partial charge in [-0.25, -0.2) is 9.59 Å². The van der Waals surface area contributed by atoms with Crippen molar-refractivity contribution in [2.24, 2.45) is 11.8 Å². The van der Waals surface area contributed by atoms with Crippen LogP contribution in [0.1, 0.15) is 56.2 Å². The number of aliphatic hydroxyl groups is 2. The number of benzene rings is 2. The number of hydrogen-bond donors (Lipinski definition) is 7. The van der Waals surface area contributed by atoms with Crippen LogP contribution in [0.5, 0.6) is 28.7 Å². The van der Waals surface area contributed by atoms with E-state index < -0.39 is 46.8 Å². The van der Waals surface area contributed by atoms with Gasteiger partial charge in [-0.05, 0) is 76.1 Å². The minimum absolute atomic E-state index is 0. The third kappa shape index (κ3) is 6.62. The molecule has 1 aromatic heterocycles. The van der Waals surface area contributed by atoms with E-state index >= 15 is 0 Å². The Kier molecular flexibility index (Phi) is 13.2. The van der Waals surface area contributed by atoms with E-state index in [1.807, 2.05) is 24.3 Å². The molecule has 0 radical (unpaired) electrons. The van der Waals surface area contributed by atoms with Crippen molar-refractivity contribution in [3.63, 3.8) is 0 Å². The molecule has 2 fully saturated rings. The molecule has 20 heteroatoms. The highest BCUT2D eigenvalue weighted by Crippen LogP contribution is 2.63. The molecule has 4 bridgehead atoms. The number of likely N-dealkylation sites (N-methyl/N-ethyl adjacent to an activating group) is 2. The van der Waals surface area contributed by atoms with Crippen molar-refractivity contribution in [2.75, 3.05) is 27.2 Å². The van der Waals surface area contributed by atoms with Crippen LogP contribution in [-0.4, -0.2) is 149 Å². The molecular formula is C41H52N2O18. The van der Waals surface area contributed by atoms with Crippen LogP contribution in [0.3, 0.4) is 0 Å². The van der Waals surface area contributed by atoms with Gasteiger partial charge < -0.3 is 86.8 Å². The van der Waals surface area contributed by atoms with Crippen LogP contribution in [0.25, 0.3) is 0 Å². The van der Waals surface area contributed by atoms with Crippen molar-refractivity contribution in [3.8, 4) is 28.7 Å². The number of phenolic OH excluding ortho intramolecular Hbond substituents is 2. The van der Waals surface area contributed by atoms with Gasteiger partial charge >= 0.3 is 11.9 Å². The highest BCUT2D eigenvalue weighted by Gasteiger charge is 2.65. The molecule has 3 aromatic rings. The van der Waals surface area contributed by atoms with Crippen LogP contribution in [-0.2, 0) is 23.7 Å². The van der Waals surface area contributed by atoms with E-state index in [0.717, 1.165) is 38.8 Å². The molecule has 17 N–H and O–H groups in total. The number of aromatic carboxylic acids is 2. The Balaban J connectivity index is 0.000000198. The van der Waals surface area contributed by atoms with E-state index in [4.69, 9.17) is 24.8 Å². The second-order valence-corrected chi connectivity index (χ2v) is 16.1. The van der Waals surface area contributed by atoms with Gasteiger partial charge in [0, 0.05) is 51.9 Å². The normalized spacial score (nSPS) is 31.5. The summed E-state index contributed by atoms with van der Waals surface area (Å²) in [4.78, 5) is 36.4. The Morgan fingerprint density at radius 1 is 0.672 bits per heavy atom. The maximum atomic E-state index is 10.8. The van der Waals surface area contributed by atoms with Gasteiger partial charge in [0.2, 0.25) is 16.9 Å².